The van der Waals surface area contributed by atoms with Crippen LogP contribution in [0.5, 0.6) is 0 Å². The van der Waals surface area contributed by atoms with E-state index >= 15 is 0 Å². The Hall–Kier alpha value is -0.120. The average Bonchev–Trinajstić information content (AvgIpc) is 3.11. The Morgan fingerprint density at radius 2 is 1.94 bits per heavy atom. The summed E-state index contributed by atoms with van der Waals surface area (Å²) in [6.45, 7) is 8.94. The van der Waals surface area contributed by atoms with Crippen molar-refractivity contribution in [2.75, 3.05) is 32.9 Å². The van der Waals surface area contributed by atoms with E-state index in [1.807, 2.05) is 0 Å². The molecule has 0 atom stereocenters. The lowest BCUT2D eigenvalue weighted by Gasteiger charge is -2.37. The number of ether oxygens (including phenoxy) is 1. The van der Waals surface area contributed by atoms with Crippen LogP contribution in [0.1, 0.15) is 39.5 Å². The zero-order valence-electron chi connectivity index (χ0n) is 11.3. The third kappa shape index (κ3) is 3.43. The summed E-state index contributed by atoms with van der Waals surface area (Å²) in [5, 5.41) is 12.9. The summed E-state index contributed by atoms with van der Waals surface area (Å²) in [5.41, 5.74) is 0.571. The molecule has 0 radical (unpaired) electrons. The zero-order chi connectivity index (χ0) is 12.4. The second-order valence-corrected chi connectivity index (χ2v) is 6.64. The molecule has 0 aromatic carbocycles. The molecular formula is C14H27NO2. The summed E-state index contributed by atoms with van der Waals surface area (Å²) in [6, 6.07) is 0. The van der Waals surface area contributed by atoms with Gasteiger partial charge in [-0.1, -0.05) is 13.8 Å². The fourth-order valence-corrected chi connectivity index (χ4v) is 2.84. The highest BCUT2D eigenvalue weighted by Crippen LogP contribution is 2.44. The van der Waals surface area contributed by atoms with Crippen molar-refractivity contribution in [3.8, 4) is 0 Å². The summed E-state index contributed by atoms with van der Waals surface area (Å²) in [6.07, 6.45) is 4.77. The molecule has 1 heterocycles. The molecule has 0 unspecified atom stereocenters. The molecule has 2 rings (SSSR count). The van der Waals surface area contributed by atoms with Crippen LogP contribution < -0.4 is 5.32 Å². The second-order valence-electron chi connectivity index (χ2n) is 6.64. The zero-order valence-corrected chi connectivity index (χ0v) is 11.3. The van der Waals surface area contributed by atoms with Crippen LogP contribution in [0.25, 0.3) is 0 Å². The molecule has 0 spiro atoms. The molecule has 0 aromatic rings. The Balaban J connectivity index is 1.72. The van der Waals surface area contributed by atoms with Gasteiger partial charge in [0, 0.05) is 38.3 Å². The van der Waals surface area contributed by atoms with Gasteiger partial charge in [0.1, 0.15) is 0 Å². The maximum Gasteiger partial charge on any atom is 0.0499 e. The normalized spacial score (nSPS) is 24.9. The van der Waals surface area contributed by atoms with E-state index in [0.717, 1.165) is 32.2 Å². The molecule has 2 N–H and O–H groups in total. The number of hydrogen-bond donors (Lipinski definition) is 2. The molecule has 100 valence electrons. The Morgan fingerprint density at radius 3 is 2.47 bits per heavy atom. The van der Waals surface area contributed by atoms with Gasteiger partial charge in [0.2, 0.25) is 0 Å². The van der Waals surface area contributed by atoms with Crippen LogP contribution in [-0.2, 0) is 4.74 Å². The Morgan fingerprint density at radius 1 is 1.29 bits per heavy atom. The number of rotatable bonds is 6. The van der Waals surface area contributed by atoms with Crippen molar-refractivity contribution >= 4 is 0 Å². The molecule has 2 aliphatic rings. The number of aliphatic hydroxyl groups excluding tert-OH is 1. The predicted octanol–water partition coefficient (Wildman–Crippen LogP) is 1.80. The first-order valence-corrected chi connectivity index (χ1v) is 6.97. The standard InChI is InChI=1S/C14H27NO2/c1-13(2,12-3-7-17-8-4-12)9-15-10-14(11-16)5-6-14/h12,15-16H,3-11H2,1-2H3. The van der Waals surface area contributed by atoms with Crippen LogP contribution in [0.4, 0.5) is 0 Å². The van der Waals surface area contributed by atoms with Crippen LogP contribution in [0.15, 0.2) is 0 Å². The van der Waals surface area contributed by atoms with Gasteiger partial charge >= 0.3 is 0 Å². The van der Waals surface area contributed by atoms with Crippen LogP contribution in [0.3, 0.4) is 0 Å². The monoisotopic (exact) mass is 241 g/mol. The van der Waals surface area contributed by atoms with Crippen molar-refractivity contribution in [3.63, 3.8) is 0 Å². The van der Waals surface area contributed by atoms with E-state index < -0.39 is 0 Å². The number of nitrogens with one attached hydrogen (secondary N) is 1. The van der Waals surface area contributed by atoms with E-state index in [9.17, 15) is 5.11 Å². The molecule has 0 bridgehead atoms. The minimum absolute atomic E-state index is 0.228. The van der Waals surface area contributed by atoms with Gasteiger partial charge in [-0.05, 0) is 37.0 Å². The quantitative estimate of drug-likeness (QED) is 0.745. The maximum atomic E-state index is 9.28. The van der Waals surface area contributed by atoms with Crippen molar-refractivity contribution in [2.45, 2.75) is 39.5 Å². The molecule has 17 heavy (non-hydrogen) atoms. The molecule has 1 saturated carbocycles. The van der Waals surface area contributed by atoms with E-state index in [-0.39, 0.29) is 5.41 Å². The fourth-order valence-electron chi connectivity index (χ4n) is 2.84. The first-order chi connectivity index (χ1) is 8.08. The first-order valence-electron chi connectivity index (χ1n) is 6.97. The third-order valence-electron chi connectivity index (χ3n) is 4.70. The maximum absolute atomic E-state index is 9.28. The van der Waals surface area contributed by atoms with Crippen molar-refractivity contribution in [1.82, 2.24) is 5.32 Å². The topological polar surface area (TPSA) is 41.5 Å². The summed E-state index contributed by atoms with van der Waals surface area (Å²) in [7, 11) is 0. The fraction of sp³-hybridized carbons (Fsp3) is 1.00. The van der Waals surface area contributed by atoms with Gasteiger partial charge in [-0.3, -0.25) is 0 Å². The summed E-state index contributed by atoms with van der Waals surface area (Å²) >= 11 is 0. The molecule has 0 amide bonds. The van der Waals surface area contributed by atoms with Crippen LogP contribution in [0, 0.1) is 16.7 Å². The van der Waals surface area contributed by atoms with Crippen molar-refractivity contribution < 1.29 is 9.84 Å². The number of aliphatic hydroxyl groups is 1. The number of hydrogen-bond acceptors (Lipinski definition) is 3. The van der Waals surface area contributed by atoms with E-state index in [2.05, 4.69) is 19.2 Å². The molecular weight excluding hydrogens is 214 g/mol. The van der Waals surface area contributed by atoms with E-state index in [4.69, 9.17) is 4.74 Å². The van der Waals surface area contributed by atoms with Gasteiger partial charge in [0.25, 0.3) is 0 Å². The highest BCUT2D eigenvalue weighted by molar-refractivity contribution is 4.95. The summed E-state index contributed by atoms with van der Waals surface area (Å²) in [4.78, 5) is 0. The molecule has 3 heteroatoms. The Kier molecular flexibility index (Phi) is 4.11. The second kappa shape index (κ2) is 5.25. The third-order valence-corrected chi connectivity index (χ3v) is 4.70. The average molecular weight is 241 g/mol. The molecule has 0 aromatic heterocycles. The molecule has 3 nitrogen and oxygen atoms in total. The molecule has 1 saturated heterocycles. The van der Waals surface area contributed by atoms with E-state index in [0.29, 0.717) is 12.0 Å². The summed E-state index contributed by atoms with van der Waals surface area (Å²) in [5.74, 6) is 0.771. The smallest absolute Gasteiger partial charge is 0.0499 e. The minimum Gasteiger partial charge on any atom is -0.396 e. The molecule has 1 aliphatic carbocycles. The van der Waals surface area contributed by atoms with Crippen molar-refractivity contribution in [3.05, 3.63) is 0 Å². The minimum atomic E-state index is 0.228. The highest BCUT2D eigenvalue weighted by Gasteiger charge is 2.42. The Labute approximate surface area is 105 Å². The van der Waals surface area contributed by atoms with Gasteiger partial charge in [-0.2, -0.15) is 0 Å². The first kappa shape index (κ1) is 13.3. The van der Waals surface area contributed by atoms with Crippen LogP contribution in [0.2, 0.25) is 0 Å². The van der Waals surface area contributed by atoms with E-state index in [1.165, 1.54) is 25.7 Å². The van der Waals surface area contributed by atoms with Gasteiger partial charge in [-0.25, -0.2) is 0 Å². The summed E-state index contributed by atoms with van der Waals surface area (Å²) < 4.78 is 5.43. The lowest BCUT2D eigenvalue weighted by Crippen LogP contribution is -2.40. The van der Waals surface area contributed by atoms with Crippen LogP contribution in [-0.4, -0.2) is 38.0 Å². The van der Waals surface area contributed by atoms with Gasteiger partial charge in [-0.15, -0.1) is 0 Å². The van der Waals surface area contributed by atoms with Crippen LogP contribution >= 0.6 is 0 Å². The SMILES string of the molecule is CC(C)(CNCC1(CO)CC1)C1CCOCC1. The predicted molar refractivity (Wildman–Crippen MR) is 68.9 cm³/mol. The molecule has 2 fully saturated rings. The lowest BCUT2D eigenvalue weighted by molar-refractivity contribution is 0.0222. The van der Waals surface area contributed by atoms with Crippen molar-refractivity contribution in [2.24, 2.45) is 16.7 Å². The van der Waals surface area contributed by atoms with Crippen molar-refractivity contribution in [1.29, 1.82) is 0 Å². The van der Waals surface area contributed by atoms with Gasteiger partial charge in [0.15, 0.2) is 0 Å². The van der Waals surface area contributed by atoms with Gasteiger partial charge in [0.05, 0.1) is 0 Å². The molecule has 1 aliphatic heterocycles. The lowest BCUT2D eigenvalue weighted by atomic mass is 9.74. The Bertz CT molecular complexity index is 243. The largest absolute Gasteiger partial charge is 0.396 e. The highest BCUT2D eigenvalue weighted by atomic mass is 16.5. The van der Waals surface area contributed by atoms with E-state index in [1.54, 1.807) is 0 Å². The van der Waals surface area contributed by atoms with Gasteiger partial charge < -0.3 is 15.2 Å².